The SMILES string of the molecule is CCCCCCCC/C=C\CCCCCCCC(=O)OC(CC(=O)[O-])C[N+](C)(C)C. The quantitative estimate of drug-likeness (QED) is 0.122. The van der Waals surface area contributed by atoms with Gasteiger partial charge in [-0.25, -0.2) is 0 Å². The molecule has 0 spiro atoms. The summed E-state index contributed by atoms with van der Waals surface area (Å²) in [5.74, 6) is -1.48. The van der Waals surface area contributed by atoms with Gasteiger partial charge in [0.25, 0.3) is 0 Å². The van der Waals surface area contributed by atoms with E-state index in [0.717, 1.165) is 25.7 Å². The van der Waals surface area contributed by atoms with E-state index in [1.54, 1.807) is 0 Å². The lowest BCUT2D eigenvalue weighted by atomic mass is 10.1. The Bertz CT molecular complexity index is 468. The van der Waals surface area contributed by atoms with E-state index in [2.05, 4.69) is 19.1 Å². The zero-order valence-corrected chi connectivity index (χ0v) is 20.1. The zero-order valence-electron chi connectivity index (χ0n) is 20.1. The van der Waals surface area contributed by atoms with Gasteiger partial charge >= 0.3 is 5.97 Å². The minimum Gasteiger partial charge on any atom is -0.550 e. The normalized spacial score (nSPS) is 12.9. The monoisotopic (exact) mass is 425 g/mol. The van der Waals surface area contributed by atoms with E-state index < -0.39 is 12.1 Å². The highest BCUT2D eigenvalue weighted by Crippen LogP contribution is 2.12. The number of esters is 1. The van der Waals surface area contributed by atoms with E-state index in [-0.39, 0.29) is 12.4 Å². The first-order valence-electron chi connectivity index (χ1n) is 12.1. The minimum absolute atomic E-state index is 0.242. The van der Waals surface area contributed by atoms with Gasteiger partial charge in [-0.15, -0.1) is 0 Å². The van der Waals surface area contributed by atoms with Gasteiger partial charge in [-0.3, -0.25) is 4.79 Å². The molecular formula is C25H47NO4. The van der Waals surface area contributed by atoms with Crippen molar-refractivity contribution in [3.8, 4) is 0 Å². The molecule has 0 aromatic rings. The molecule has 0 aromatic carbocycles. The van der Waals surface area contributed by atoms with Gasteiger partial charge in [0.15, 0.2) is 6.10 Å². The highest BCUT2D eigenvalue weighted by atomic mass is 16.5. The number of aliphatic carboxylic acids is 1. The van der Waals surface area contributed by atoms with E-state index in [0.29, 0.717) is 17.4 Å². The lowest BCUT2D eigenvalue weighted by molar-refractivity contribution is -0.873. The van der Waals surface area contributed by atoms with Crippen LogP contribution in [0.2, 0.25) is 0 Å². The second kappa shape index (κ2) is 18.4. The fourth-order valence-corrected chi connectivity index (χ4v) is 3.53. The average Bonchev–Trinajstić information content (AvgIpc) is 2.63. The number of carbonyl (C=O) groups excluding carboxylic acids is 2. The van der Waals surface area contributed by atoms with Gasteiger partial charge in [-0.2, -0.15) is 0 Å². The van der Waals surface area contributed by atoms with Crippen molar-refractivity contribution in [2.45, 2.75) is 109 Å². The molecule has 30 heavy (non-hydrogen) atoms. The van der Waals surface area contributed by atoms with Crippen molar-refractivity contribution in [2.75, 3.05) is 27.7 Å². The summed E-state index contributed by atoms with van der Waals surface area (Å²) in [4.78, 5) is 22.9. The highest BCUT2D eigenvalue weighted by molar-refractivity contribution is 5.70. The Hall–Kier alpha value is -1.36. The predicted octanol–water partition coefficient (Wildman–Crippen LogP) is 4.78. The topological polar surface area (TPSA) is 66.4 Å². The third-order valence-electron chi connectivity index (χ3n) is 5.09. The highest BCUT2D eigenvalue weighted by Gasteiger charge is 2.22. The van der Waals surface area contributed by atoms with Crippen molar-refractivity contribution in [3.05, 3.63) is 12.2 Å². The molecule has 5 nitrogen and oxygen atoms in total. The molecule has 0 rings (SSSR count). The largest absolute Gasteiger partial charge is 0.550 e. The lowest BCUT2D eigenvalue weighted by Crippen LogP contribution is -2.45. The molecule has 0 saturated carbocycles. The number of allylic oxidation sites excluding steroid dienone is 2. The van der Waals surface area contributed by atoms with Crippen molar-refractivity contribution in [2.24, 2.45) is 0 Å². The molecule has 0 aliphatic heterocycles. The molecule has 0 amide bonds. The van der Waals surface area contributed by atoms with Crippen molar-refractivity contribution in [1.29, 1.82) is 0 Å². The maximum atomic E-state index is 12.0. The Kier molecular flexibility index (Phi) is 17.6. The second-order valence-corrected chi connectivity index (χ2v) is 9.50. The van der Waals surface area contributed by atoms with Crippen LogP contribution in [0.5, 0.6) is 0 Å². The van der Waals surface area contributed by atoms with E-state index in [1.807, 2.05) is 21.1 Å². The zero-order chi connectivity index (χ0) is 22.7. The summed E-state index contributed by atoms with van der Waals surface area (Å²) in [5.41, 5.74) is 0. The second-order valence-electron chi connectivity index (χ2n) is 9.50. The third-order valence-corrected chi connectivity index (χ3v) is 5.09. The molecule has 0 heterocycles. The number of hydrogen-bond donors (Lipinski definition) is 0. The Morgan fingerprint density at radius 1 is 0.833 bits per heavy atom. The fourth-order valence-electron chi connectivity index (χ4n) is 3.53. The summed E-state index contributed by atoms with van der Waals surface area (Å²) >= 11 is 0. The molecule has 0 aliphatic rings. The number of nitrogens with zero attached hydrogens (tertiary/aromatic N) is 1. The van der Waals surface area contributed by atoms with Crippen molar-refractivity contribution >= 4 is 11.9 Å². The van der Waals surface area contributed by atoms with Gasteiger partial charge < -0.3 is 19.1 Å². The van der Waals surface area contributed by atoms with Crippen LogP contribution >= 0.6 is 0 Å². The van der Waals surface area contributed by atoms with E-state index in [9.17, 15) is 14.7 Å². The summed E-state index contributed by atoms with van der Waals surface area (Å²) in [5, 5.41) is 10.9. The molecule has 0 aromatic heterocycles. The van der Waals surface area contributed by atoms with Crippen LogP contribution in [0.15, 0.2) is 12.2 Å². The number of quaternary nitrogens is 1. The molecule has 0 aliphatic carbocycles. The molecule has 1 atom stereocenters. The molecule has 0 bridgehead atoms. The molecule has 0 fully saturated rings. The fraction of sp³-hybridized carbons (Fsp3) is 0.840. The summed E-state index contributed by atoms with van der Waals surface area (Å²) in [6.07, 6.45) is 19.9. The Morgan fingerprint density at radius 3 is 1.83 bits per heavy atom. The van der Waals surface area contributed by atoms with Crippen molar-refractivity contribution < 1.29 is 23.9 Å². The number of ether oxygens (including phenoxy) is 1. The number of rotatable bonds is 20. The van der Waals surface area contributed by atoms with Crippen molar-refractivity contribution in [1.82, 2.24) is 0 Å². The standard InChI is InChI=1S/C25H47NO4/c1-5-6-7-8-9-10-11-12-13-14-15-16-17-18-19-20-25(29)30-23(21-24(27)28)22-26(2,3)4/h12-13,23H,5-11,14-22H2,1-4H3/b13-12-. The van der Waals surface area contributed by atoms with Gasteiger partial charge in [-0.05, 0) is 32.1 Å². The van der Waals surface area contributed by atoms with Crippen LogP contribution in [-0.2, 0) is 14.3 Å². The number of likely N-dealkylation sites (N-methyl/N-ethyl adjacent to an activating group) is 1. The van der Waals surface area contributed by atoms with Crippen LogP contribution < -0.4 is 5.11 Å². The van der Waals surface area contributed by atoms with Crippen LogP contribution in [0, 0.1) is 0 Å². The summed E-state index contributed by atoms with van der Waals surface area (Å²) in [6.45, 7) is 2.72. The molecule has 5 heteroatoms. The van der Waals surface area contributed by atoms with Crippen molar-refractivity contribution in [3.63, 3.8) is 0 Å². The summed E-state index contributed by atoms with van der Waals surface area (Å²) < 4.78 is 5.91. The number of unbranched alkanes of at least 4 members (excludes halogenated alkanes) is 11. The first-order valence-corrected chi connectivity index (χ1v) is 12.1. The first-order chi connectivity index (χ1) is 14.2. The number of carboxylic acid groups (broad SMARTS) is 1. The van der Waals surface area contributed by atoms with Crippen LogP contribution in [0.25, 0.3) is 0 Å². The van der Waals surface area contributed by atoms with Crippen LogP contribution in [0.4, 0.5) is 0 Å². The minimum atomic E-state index is -1.18. The molecule has 0 radical (unpaired) electrons. The van der Waals surface area contributed by atoms with Crippen LogP contribution in [0.3, 0.4) is 0 Å². The van der Waals surface area contributed by atoms with Crippen LogP contribution in [-0.4, -0.2) is 50.2 Å². The summed E-state index contributed by atoms with van der Waals surface area (Å²) in [6, 6.07) is 0. The van der Waals surface area contributed by atoms with Gasteiger partial charge in [0.1, 0.15) is 6.54 Å². The molecule has 176 valence electrons. The molecule has 0 N–H and O–H groups in total. The summed E-state index contributed by atoms with van der Waals surface area (Å²) in [7, 11) is 5.83. The smallest absolute Gasteiger partial charge is 0.306 e. The van der Waals surface area contributed by atoms with Gasteiger partial charge in [0, 0.05) is 18.8 Å². The van der Waals surface area contributed by atoms with Crippen LogP contribution in [0.1, 0.15) is 103 Å². The molecule has 1 unspecified atom stereocenters. The lowest BCUT2D eigenvalue weighted by Gasteiger charge is -2.29. The van der Waals surface area contributed by atoms with Gasteiger partial charge in [0.2, 0.25) is 0 Å². The Balaban J connectivity index is 3.65. The average molecular weight is 426 g/mol. The molecule has 0 saturated heterocycles. The Labute approximate surface area is 185 Å². The van der Waals surface area contributed by atoms with E-state index in [1.165, 1.54) is 57.8 Å². The van der Waals surface area contributed by atoms with E-state index in [4.69, 9.17) is 4.74 Å². The number of hydrogen-bond acceptors (Lipinski definition) is 4. The van der Waals surface area contributed by atoms with E-state index >= 15 is 0 Å². The maximum absolute atomic E-state index is 12.0. The Morgan fingerprint density at radius 2 is 1.33 bits per heavy atom. The van der Waals surface area contributed by atoms with Gasteiger partial charge in [0.05, 0.1) is 21.1 Å². The number of carboxylic acids is 1. The predicted molar refractivity (Wildman–Crippen MR) is 122 cm³/mol. The number of carbonyl (C=O) groups is 2. The molecular weight excluding hydrogens is 378 g/mol. The first kappa shape index (κ1) is 28.6. The third kappa shape index (κ3) is 21.4. The maximum Gasteiger partial charge on any atom is 0.306 e. The van der Waals surface area contributed by atoms with Gasteiger partial charge in [-0.1, -0.05) is 70.4 Å².